The number of allylic oxidation sites excluding steroid dienone is 3. The van der Waals surface area contributed by atoms with E-state index in [-0.39, 0.29) is 17.1 Å². The van der Waals surface area contributed by atoms with Crippen LogP contribution in [-0.2, 0) is 0 Å². The summed E-state index contributed by atoms with van der Waals surface area (Å²) in [6.45, 7) is 9.22. The number of benzene rings is 2. The number of ether oxygens (including phenoxy) is 3. The first kappa shape index (κ1) is 32.7. The minimum Gasteiger partial charge on any atom is -0.489 e. The molecule has 0 aliphatic rings. The van der Waals surface area contributed by atoms with Gasteiger partial charge in [-0.25, -0.2) is 9.59 Å². The van der Waals surface area contributed by atoms with Crippen LogP contribution in [0.25, 0.3) is 11.0 Å². The van der Waals surface area contributed by atoms with E-state index in [4.69, 9.17) is 18.6 Å². The predicted molar refractivity (Wildman–Crippen MR) is 170 cm³/mol. The van der Waals surface area contributed by atoms with Gasteiger partial charge in [0.2, 0.25) is 0 Å². The Labute approximate surface area is 250 Å². The van der Waals surface area contributed by atoms with E-state index in [0.717, 1.165) is 32.1 Å². The monoisotopic (exact) mass is 574 g/mol. The summed E-state index contributed by atoms with van der Waals surface area (Å²) in [5.74, 6) is -0.272. The van der Waals surface area contributed by atoms with Crippen molar-refractivity contribution in [3.63, 3.8) is 0 Å². The summed E-state index contributed by atoms with van der Waals surface area (Å²) < 4.78 is 23.5. The standard InChI is InChI=1S/C36H46O6/c1-5-6-7-8-9-10-11-15-25-40-33-30-22-17-23-31(39-26-24-28(4)19-16-18-27(2)3)32(30)41-36(38)34(33)42-35(37)29-20-13-12-14-21-29/h12-14,17-18,20-24H,5-11,15-16,19,25-26H2,1-4H3/b28-24+. The zero-order chi connectivity index (χ0) is 30.2. The summed E-state index contributed by atoms with van der Waals surface area (Å²) in [4.78, 5) is 26.1. The van der Waals surface area contributed by atoms with E-state index in [1.165, 1.54) is 43.3 Å². The number of hydrogen-bond acceptors (Lipinski definition) is 6. The summed E-state index contributed by atoms with van der Waals surface area (Å²) in [6, 6.07) is 13.9. The summed E-state index contributed by atoms with van der Waals surface area (Å²) >= 11 is 0. The van der Waals surface area contributed by atoms with Gasteiger partial charge in [-0.2, -0.15) is 0 Å². The topological polar surface area (TPSA) is 75.0 Å². The molecule has 226 valence electrons. The number of hydrogen-bond donors (Lipinski definition) is 0. The van der Waals surface area contributed by atoms with Gasteiger partial charge < -0.3 is 18.6 Å². The lowest BCUT2D eigenvalue weighted by atomic mass is 10.1. The highest BCUT2D eigenvalue weighted by Crippen LogP contribution is 2.37. The smallest absolute Gasteiger partial charge is 0.383 e. The van der Waals surface area contributed by atoms with Crippen molar-refractivity contribution in [3.05, 3.63) is 87.8 Å². The molecule has 0 fully saturated rings. The van der Waals surface area contributed by atoms with Crippen LogP contribution in [0, 0.1) is 0 Å². The zero-order valence-electron chi connectivity index (χ0n) is 25.7. The molecular formula is C36H46O6. The van der Waals surface area contributed by atoms with Gasteiger partial charge in [-0.05, 0) is 70.4 Å². The van der Waals surface area contributed by atoms with Crippen LogP contribution in [0.2, 0.25) is 0 Å². The van der Waals surface area contributed by atoms with E-state index in [1.54, 1.807) is 42.5 Å². The molecule has 0 bridgehead atoms. The predicted octanol–water partition coefficient (Wildman–Crippen LogP) is 9.60. The summed E-state index contributed by atoms with van der Waals surface area (Å²) in [6.07, 6.45) is 15.5. The Bertz CT molecular complexity index is 1380. The highest BCUT2D eigenvalue weighted by molar-refractivity contribution is 5.94. The van der Waals surface area contributed by atoms with E-state index in [0.29, 0.717) is 29.9 Å². The lowest BCUT2D eigenvalue weighted by Crippen LogP contribution is -2.16. The Morgan fingerprint density at radius 3 is 2.24 bits per heavy atom. The molecule has 0 unspecified atom stereocenters. The van der Waals surface area contributed by atoms with E-state index < -0.39 is 11.6 Å². The van der Waals surface area contributed by atoms with Crippen LogP contribution in [0.15, 0.2) is 81.0 Å². The van der Waals surface area contributed by atoms with Gasteiger partial charge in [0.05, 0.1) is 17.6 Å². The maximum atomic E-state index is 13.2. The Kier molecular flexibility index (Phi) is 13.9. The van der Waals surface area contributed by atoms with Crippen LogP contribution in [0.4, 0.5) is 0 Å². The summed E-state index contributed by atoms with van der Waals surface area (Å²) in [5, 5.41) is 0.520. The number of carbonyl (C=O) groups excluding carboxylic acids is 1. The molecular weight excluding hydrogens is 528 g/mol. The van der Waals surface area contributed by atoms with Crippen LogP contribution in [0.5, 0.6) is 17.2 Å². The van der Waals surface area contributed by atoms with E-state index in [1.807, 2.05) is 12.1 Å². The van der Waals surface area contributed by atoms with Gasteiger partial charge in [0.15, 0.2) is 17.1 Å². The average Bonchev–Trinajstić information content (AvgIpc) is 2.98. The molecule has 2 aromatic carbocycles. The third kappa shape index (κ3) is 10.6. The van der Waals surface area contributed by atoms with Crippen molar-refractivity contribution >= 4 is 16.9 Å². The normalized spacial score (nSPS) is 11.4. The Hall–Kier alpha value is -3.80. The number of carbonyl (C=O) groups is 1. The first-order valence-corrected chi connectivity index (χ1v) is 15.3. The molecule has 3 rings (SSSR count). The SMILES string of the molecule is CCCCCCCCCCOc1c(OC(=O)c2ccccc2)c(=O)oc2c(OC/C=C(\C)CCC=C(C)C)cccc12. The fraction of sp³-hybridized carbons (Fsp3) is 0.444. The fourth-order valence-electron chi connectivity index (χ4n) is 4.60. The summed E-state index contributed by atoms with van der Waals surface area (Å²) in [7, 11) is 0. The maximum absolute atomic E-state index is 13.2. The van der Waals surface area contributed by atoms with Crippen molar-refractivity contribution < 1.29 is 23.4 Å². The molecule has 0 radical (unpaired) electrons. The lowest BCUT2D eigenvalue weighted by molar-refractivity contribution is 0.0721. The molecule has 6 nitrogen and oxygen atoms in total. The number of esters is 1. The van der Waals surface area contributed by atoms with Gasteiger partial charge in [0, 0.05) is 0 Å². The molecule has 1 aromatic heterocycles. The van der Waals surface area contributed by atoms with E-state index >= 15 is 0 Å². The van der Waals surface area contributed by atoms with Crippen molar-refractivity contribution in [1.82, 2.24) is 0 Å². The lowest BCUT2D eigenvalue weighted by Gasteiger charge is -2.14. The molecule has 0 atom stereocenters. The second-order valence-electron chi connectivity index (χ2n) is 10.9. The molecule has 42 heavy (non-hydrogen) atoms. The Balaban J connectivity index is 1.79. The molecule has 0 N–H and O–H groups in total. The van der Waals surface area contributed by atoms with E-state index in [2.05, 4.69) is 33.8 Å². The second kappa shape index (κ2) is 17.9. The molecule has 0 amide bonds. The van der Waals surface area contributed by atoms with Gasteiger partial charge in [-0.1, -0.05) is 93.4 Å². The molecule has 1 heterocycles. The molecule has 3 aromatic rings. The van der Waals surface area contributed by atoms with Gasteiger partial charge in [0.1, 0.15) is 6.61 Å². The minimum absolute atomic E-state index is 0.201. The van der Waals surface area contributed by atoms with Gasteiger partial charge in [-0.3, -0.25) is 0 Å². The first-order chi connectivity index (χ1) is 20.4. The zero-order valence-corrected chi connectivity index (χ0v) is 25.7. The highest BCUT2D eigenvalue weighted by atomic mass is 16.6. The van der Waals surface area contributed by atoms with Crippen molar-refractivity contribution in [2.45, 2.75) is 91.9 Å². The molecule has 0 saturated heterocycles. The van der Waals surface area contributed by atoms with Crippen LogP contribution >= 0.6 is 0 Å². The minimum atomic E-state index is -0.790. The highest BCUT2D eigenvalue weighted by Gasteiger charge is 2.23. The van der Waals surface area contributed by atoms with Gasteiger partial charge in [-0.15, -0.1) is 0 Å². The fourth-order valence-corrected chi connectivity index (χ4v) is 4.60. The number of para-hydroxylation sites is 1. The quantitative estimate of drug-likeness (QED) is 0.0652. The number of unbranched alkanes of at least 4 members (excludes halogenated alkanes) is 7. The van der Waals surface area contributed by atoms with Crippen LogP contribution in [-0.4, -0.2) is 19.2 Å². The molecule has 0 aliphatic carbocycles. The van der Waals surface area contributed by atoms with Crippen molar-refractivity contribution in [3.8, 4) is 17.2 Å². The number of rotatable bonds is 18. The number of fused-ring (bicyclic) bond motifs is 1. The van der Waals surface area contributed by atoms with Crippen LogP contribution in [0.1, 0.15) is 102 Å². The largest absolute Gasteiger partial charge is 0.489 e. The van der Waals surface area contributed by atoms with Crippen molar-refractivity contribution in [1.29, 1.82) is 0 Å². The van der Waals surface area contributed by atoms with Crippen molar-refractivity contribution in [2.75, 3.05) is 13.2 Å². The third-order valence-electron chi connectivity index (χ3n) is 7.02. The average molecular weight is 575 g/mol. The van der Waals surface area contributed by atoms with Gasteiger partial charge in [0.25, 0.3) is 5.75 Å². The third-order valence-corrected chi connectivity index (χ3v) is 7.02. The first-order valence-electron chi connectivity index (χ1n) is 15.3. The van der Waals surface area contributed by atoms with Crippen LogP contribution in [0.3, 0.4) is 0 Å². The maximum Gasteiger partial charge on any atom is 0.383 e. The van der Waals surface area contributed by atoms with E-state index in [9.17, 15) is 9.59 Å². The van der Waals surface area contributed by atoms with Gasteiger partial charge >= 0.3 is 11.6 Å². The molecule has 0 aliphatic heterocycles. The summed E-state index contributed by atoms with van der Waals surface area (Å²) in [5.41, 5.74) is 2.33. The Morgan fingerprint density at radius 1 is 0.810 bits per heavy atom. The van der Waals surface area contributed by atoms with Crippen molar-refractivity contribution in [2.24, 2.45) is 0 Å². The molecule has 0 spiro atoms. The molecule has 6 heteroatoms. The molecule has 0 saturated carbocycles. The second-order valence-corrected chi connectivity index (χ2v) is 10.9. The Morgan fingerprint density at radius 2 is 1.52 bits per heavy atom. The van der Waals surface area contributed by atoms with Crippen LogP contribution < -0.4 is 19.8 Å².